The maximum atomic E-state index is 13.2. The summed E-state index contributed by atoms with van der Waals surface area (Å²) >= 11 is 0. The Hall–Kier alpha value is -3.25. The van der Waals surface area contributed by atoms with E-state index >= 15 is 0 Å². The van der Waals surface area contributed by atoms with E-state index in [1.807, 2.05) is 55.6 Å². The Morgan fingerprint density at radius 1 is 0.700 bits per heavy atom. The summed E-state index contributed by atoms with van der Waals surface area (Å²) in [7, 11) is 8.38. The third-order valence-corrected chi connectivity index (χ3v) is 4.96. The largest absolute Gasteiger partial charge is 0.493 e. The molecule has 0 amide bonds. The number of ether oxygens (including phenoxy) is 4. The van der Waals surface area contributed by atoms with Gasteiger partial charge in [-0.1, -0.05) is 12.1 Å². The van der Waals surface area contributed by atoms with Crippen LogP contribution in [-0.4, -0.2) is 59.3 Å². The SMILES string of the molecule is COc1ccc(/C=C2\CN(C)C/C(=C\c3ccc(OC)c(OC)c3)C2=O)cc1OC. The standard InChI is InChI=1S/C24H27NO5/c1-25-14-18(10-16-6-8-20(27-2)22(12-16)29-4)24(26)19(15-25)11-17-7-9-21(28-3)23(13-17)30-5/h6-13H,14-15H2,1-5H3/b18-10+,19-11+. The molecule has 2 aromatic carbocycles. The number of nitrogens with zero attached hydrogens (tertiary/aromatic N) is 1. The molecule has 0 N–H and O–H groups in total. The Balaban J connectivity index is 1.93. The second-order valence-electron chi connectivity index (χ2n) is 7.07. The van der Waals surface area contributed by atoms with Gasteiger partial charge in [-0.25, -0.2) is 0 Å². The number of ketones is 1. The maximum absolute atomic E-state index is 13.2. The van der Waals surface area contributed by atoms with E-state index in [-0.39, 0.29) is 5.78 Å². The quantitative estimate of drug-likeness (QED) is 0.678. The molecule has 1 heterocycles. The number of carbonyl (C=O) groups is 1. The minimum Gasteiger partial charge on any atom is -0.493 e. The van der Waals surface area contributed by atoms with E-state index in [0.29, 0.717) is 36.1 Å². The van der Waals surface area contributed by atoms with E-state index in [9.17, 15) is 4.79 Å². The Morgan fingerprint density at radius 2 is 1.10 bits per heavy atom. The fourth-order valence-electron chi connectivity index (χ4n) is 3.50. The van der Waals surface area contributed by atoms with Crippen LogP contribution < -0.4 is 18.9 Å². The van der Waals surface area contributed by atoms with Crippen molar-refractivity contribution >= 4 is 17.9 Å². The fourth-order valence-corrected chi connectivity index (χ4v) is 3.50. The zero-order valence-corrected chi connectivity index (χ0v) is 18.0. The van der Waals surface area contributed by atoms with Crippen molar-refractivity contribution in [3.63, 3.8) is 0 Å². The number of methoxy groups -OCH3 is 4. The summed E-state index contributed by atoms with van der Waals surface area (Å²) in [6.45, 7) is 1.16. The molecular formula is C24H27NO5. The van der Waals surface area contributed by atoms with E-state index in [0.717, 1.165) is 22.3 Å². The average molecular weight is 409 g/mol. The van der Waals surface area contributed by atoms with Gasteiger partial charge in [0.05, 0.1) is 28.4 Å². The smallest absolute Gasteiger partial charge is 0.187 e. The predicted molar refractivity (Wildman–Crippen MR) is 118 cm³/mol. The number of benzene rings is 2. The van der Waals surface area contributed by atoms with Crippen molar-refractivity contribution in [1.29, 1.82) is 0 Å². The molecule has 6 heteroatoms. The molecule has 1 saturated heterocycles. The van der Waals surface area contributed by atoms with Crippen LogP contribution in [0.1, 0.15) is 11.1 Å². The molecule has 0 atom stereocenters. The van der Waals surface area contributed by atoms with Gasteiger partial charge in [0, 0.05) is 24.2 Å². The van der Waals surface area contributed by atoms with Crippen LogP contribution in [0.2, 0.25) is 0 Å². The summed E-state index contributed by atoms with van der Waals surface area (Å²) in [5.41, 5.74) is 3.22. The summed E-state index contributed by atoms with van der Waals surface area (Å²) in [5.74, 6) is 2.60. The number of hydrogen-bond donors (Lipinski definition) is 0. The lowest BCUT2D eigenvalue weighted by atomic mass is 9.94. The van der Waals surface area contributed by atoms with Crippen molar-refractivity contribution in [2.75, 3.05) is 48.6 Å². The third-order valence-electron chi connectivity index (χ3n) is 4.96. The molecule has 3 rings (SSSR count). The normalized spacial score (nSPS) is 17.3. The first kappa shape index (κ1) is 21.5. The molecule has 1 fully saturated rings. The van der Waals surface area contributed by atoms with Gasteiger partial charge in [0.15, 0.2) is 28.8 Å². The molecule has 0 saturated carbocycles. The van der Waals surface area contributed by atoms with Crippen molar-refractivity contribution in [2.24, 2.45) is 0 Å². The maximum Gasteiger partial charge on any atom is 0.187 e. The number of likely N-dealkylation sites (tertiary alicyclic amines) is 1. The number of likely N-dealkylation sites (N-methyl/N-ethyl adjacent to an activating group) is 1. The summed E-state index contributed by atoms with van der Waals surface area (Å²) in [4.78, 5) is 15.3. The van der Waals surface area contributed by atoms with Gasteiger partial charge in [-0.05, 0) is 54.6 Å². The van der Waals surface area contributed by atoms with Crippen molar-refractivity contribution in [3.8, 4) is 23.0 Å². The van der Waals surface area contributed by atoms with Gasteiger partial charge in [0.2, 0.25) is 0 Å². The average Bonchev–Trinajstić information content (AvgIpc) is 2.76. The molecule has 2 aromatic rings. The van der Waals surface area contributed by atoms with Crippen LogP contribution in [0, 0.1) is 0 Å². The Labute approximate surface area is 177 Å². The van der Waals surface area contributed by atoms with Gasteiger partial charge in [-0.15, -0.1) is 0 Å². The summed E-state index contributed by atoms with van der Waals surface area (Å²) < 4.78 is 21.3. The van der Waals surface area contributed by atoms with Crippen LogP contribution in [0.25, 0.3) is 12.2 Å². The molecule has 0 aliphatic carbocycles. The molecular weight excluding hydrogens is 382 g/mol. The van der Waals surface area contributed by atoms with Crippen LogP contribution in [0.5, 0.6) is 23.0 Å². The Morgan fingerprint density at radius 3 is 1.47 bits per heavy atom. The number of hydrogen-bond acceptors (Lipinski definition) is 6. The van der Waals surface area contributed by atoms with E-state index in [1.165, 1.54) is 0 Å². The van der Waals surface area contributed by atoms with E-state index in [1.54, 1.807) is 28.4 Å². The van der Waals surface area contributed by atoms with Crippen molar-refractivity contribution in [1.82, 2.24) is 4.90 Å². The molecule has 30 heavy (non-hydrogen) atoms. The number of piperidine rings is 1. The highest BCUT2D eigenvalue weighted by Crippen LogP contribution is 2.31. The lowest BCUT2D eigenvalue weighted by Crippen LogP contribution is -2.34. The Bertz CT molecular complexity index is 916. The lowest BCUT2D eigenvalue weighted by Gasteiger charge is -2.26. The monoisotopic (exact) mass is 409 g/mol. The summed E-state index contributed by atoms with van der Waals surface area (Å²) in [6, 6.07) is 11.2. The van der Waals surface area contributed by atoms with Crippen molar-refractivity contribution < 1.29 is 23.7 Å². The topological polar surface area (TPSA) is 57.2 Å². The fraction of sp³-hybridized carbons (Fsp3) is 0.292. The van der Waals surface area contributed by atoms with Gasteiger partial charge < -0.3 is 18.9 Å². The van der Waals surface area contributed by atoms with E-state index < -0.39 is 0 Å². The van der Waals surface area contributed by atoms with Crippen molar-refractivity contribution in [3.05, 3.63) is 58.7 Å². The number of Topliss-reactive ketones (excluding diaryl/α,β-unsaturated/α-hetero) is 1. The lowest BCUT2D eigenvalue weighted by molar-refractivity contribution is -0.113. The molecule has 0 aromatic heterocycles. The van der Waals surface area contributed by atoms with Gasteiger partial charge in [-0.2, -0.15) is 0 Å². The van der Waals surface area contributed by atoms with E-state index in [2.05, 4.69) is 4.90 Å². The van der Waals surface area contributed by atoms with Crippen LogP contribution in [-0.2, 0) is 4.79 Å². The van der Waals surface area contributed by atoms with Crippen molar-refractivity contribution in [2.45, 2.75) is 0 Å². The van der Waals surface area contributed by atoms with Crippen LogP contribution >= 0.6 is 0 Å². The van der Waals surface area contributed by atoms with Gasteiger partial charge in [0.1, 0.15) is 0 Å². The number of rotatable bonds is 6. The molecule has 0 bridgehead atoms. The number of carbonyl (C=O) groups excluding carboxylic acids is 1. The first-order valence-corrected chi connectivity index (χ1v) is 9.57. The van der Waals surface area contributed by atoms with Gasteiger partial charge >= 0.3 is 0 Å². The molecule has 0 spiro atoms. The van der Waals surface area contributed by atoms with Crippen LogP contribution in [0.3, 0.4) is 0 Å². The van der Waals surface area contributed by atoms with E-state index in [4.69, 9.17) is 18.9 Å². The molecule has 0 radical (unpaired) electrons. The van der Waals surface area contributed by atoms with Crippen LogP contribution in [0.4, 0.5) is 0 Å². The predicted octanol–water partition coefficient (Wildman–Crippen LogP) is 3.70. The summed E-state index contributed by atoms with van der Waals surface area (Å²) in [6.07, 6.45) is 3.81. The minimum absolute atomic E-state index is 0.0395. The molecule has 0 unspecified atom stereocenters. The van der Waals surface area contributed by atoms with Gasteiger partial charge in [0.25, 0.3) is 0 Å². The van der Waals surface area contributed by atoms with Crippen LogP contribution in [0.15, 0.2) is 47.5 Å². The first-order chi connectivity index (χ1) is 14.5. The minimum atomic E-state index is 0.0395. The zero-order chi connectivity index (χ0) is 21.7. The Kier molecular flexibility index (Phi) is 6.79. The first-order valence-electron chi connectivity index (χ1n) is 9.57. The van der Waals surface area contributed by atoms with Gasteiger partial charge in [-0.3, -0.25) is 9.69 Å². The highest BCUT2D eigenvalue weighted by Gasteiger charge is 2.24. The molecule has 1 aliphatic heterocycles. The highest BCUT2D eigenvalue weighted by atomic mass is 16.5. The highest BCUT2D eigenvalue weighted by molar-refractivity contribution is 6.14. The summed E-state index contributed by atoms with van der Waals surface area (Å²) in [5, 5.41) is 0. The second-order valence-corrected chi connectivity index (χ2v) is 7.07. The molecule has 158 valence electrons. The molecule has 6 nitrogen and oxygen atoms in total. The zero-order valence-electron chi connectivity index (χ0n) is 18.0. The third kappa shape index (κ3) is 4.66. The molecule has 1 aliphatic rings. The second kappa shape index (κ2) is 9.50.